The Kier molecular flexibility index (Phi) is 2.78. The van der Waals surface area contributed by atoms with Crippen molar-refractivity contribution >= 4 is 0 Å². The number of rotatable bonds is 0. The minimum Gasteiger partial charge on any atom is -0.508 e. The van der Waals surface area contributed by atoms with Crippen LogP contribution in [0.1, 0.15) is 36.4 Å². The maximum Gasteiger partial charge on any atom is 0.115 e. The molecule has 3 nitrogen and oxygen atoms in total. The number of hydrogen-bond acceptors (Lipinski definition) is 3. The second kappa shape index (κ2) is 4.50. The van der Waals surface area contributed by atoms with Gasteiger partial charge in [0.15, 0.2) is 0 Å². The van der Waals surface area contributed by atoms with Crippen molar-refractivity contribution in [3.63, 3.8) is 0 Å². The molecule has 3 aliphatic rings. The third-order valence-electron chi connectivity index (χ3n) is 5.27. The lowest BCUT2D eigenvalue weighted by Gasteiger charge is -2.49. The number of nitrogens with one attached hydrogen (secondary N) is 1. The summed E-state index contributed by atoms with van der Waals surface area (Å²) in [6.07, 6.45) is 5.06. The van der Waals surface area contributed by atoms with Crippen LogP contribution in [0, 0.1) is 5.92 Å². The summed E-state index contributed by atoms with van der Waals surface area (Å²) in [5.74, 6) is 1.26. The summed E-state index contributed by atoms with van der Waals surface area (Å²) in [5, 5.41) is 13.4. The summed E-state index contributed by atoms with van der Waals surface area (Å²) in [5.41, 5.74) is 2.81. The second-order valence-corrected chi connectivity index (χ2v) is 6.34. The van der Waals surface area contributed by atoms with Crippen molar-refractivity contribution < 1.29 is 5.11 Å². The van der Waals surface area contributed by atoms with Crippen molar-refractivity contribution in [2.45, 2.75) is 37.8 Å². The highest BCUT2D eigenvalue weighted by Gasteiger charge is 2.39. The van der Waals surface area contributed by atoms with Gasteiger partial charge in [-0.05, 0) is 61.4 Å². The summed E-state index contributed by atoms with van der Waals surface area (Å²) >= 11 is 0. The average molecular weight is 258 g/mol. The number of aromatic hydroxyl groups is 1. The SMILES string of the molecule is Oc1ccc2c(c1)CCN1CC3CCCNC3CC21. The lowest BCUT2D eigenvalue weighted by molar-refractivity contribution is 0.0552. The molecule has 19 heavy (non-hydrogen) atoms. The third-order valence-corrected chi connectivity index (χ3v) is 5.27. The highest BCUT2D eigenvalue weighted by Crippen LogP contribution is 2.41. The first-order valence-corrected chi connectivity index (χ1v) is 7.60. The van der Waals surface area contributed by atoms with E-state index < -0.39 is 0 Å². The standard InChI is InChI=1S/C16H22N2O/c19-13-3-4-14-11(8-13)5-7-18-10-12-2-1-6-17-15(12)9-16(14)18/h3-4,8,12,15-17,19H,1-2,5-7,9-10H2. The van der Waals surface area contributed by atoms with Crippen LogP contribution >= 0.6 is 0 Å². The lowest BCUT2D eigenvalue weighted by Crippen LogP contribution is -2.54. The van der Waals surface area contributed by atoms with Gasteiger partial charge in [-0.3, -0.25) is 4.90 Å². The lowest BCUT2D eigenvalue weighted by atomic mass is 9.77. The molecule has 1 aromatic carbocycles. The fourth-order valence-corrected chi connectivity index (χ4v) is 4.30. The molecule has 0 spiro atoms. The van der Waals surface area contributed by atoms with E-state index in [-0.39, 0.29) is 0 Å². The van der Waals surface area contributed by atoms with E-state index in [4.69, 9.17) is 0 Å². The van der Waals surface area contributed by atoms with Gasteiger partial charge in [-0.1, -0.05) is 6.07 Å². The normalized spacial score (nSPS) is 34.2. The van der Waals surface area contributed by atoms with E-state index in [0.717, 1.165) is 18.9 Å². The quantitative estimate of drug-likeness (QED) is 0.748. The maximum absolute atomic E-state index is 9.65. The van der Waals surface area contributed by atoms with Gasteiger partial charge in [-0.2, -0.15) is 0 Å². The fourth-order valence-electron chi connectivity index (χ4n) is 4.30. The molecular weight excluding hydrogens is 236 g/mol. The predicted octanol–water partition coefficient (Wildman–Crippen LogP) is 2.06. The van der Waals surface area contributed by atoms with E-state index in [1.54, 1.807) is 0 Å². The maximum atomic E-state index is 9.65. The summed E-state index contributed by atoms with van der Waals surface area (Å²) < 4.78 is 0. The number of hydrogen-bond donors (Lipinski definition) is 2. The third kappa shape index (κ3) is 1.96. The number of phenolic OH excluding ortho intramolecular Hbond substituents is 1. The van der Waals surface area contributed by atoms with Crippen LogP contribution in [-0.4, -0.2) is 35.7 Å². The van der Waals surface area contributed by atoms with Crippen molar-refractivity contribution in [3.05, 3.63) is 29.3 Å². The highest BCUT2D eigenvalue weighted by molar-refractivity contribution is 5.39. The van der Waals surface area contributed by atoms with Gasteiger partial charge < -0.3 is 10.4 Å². The summed E-state index contributed by atoms with van der Waals surface area (Å²) in [6.45, 7) is 3.60. The Hall–Kier alpha value is -1.06. The van der Waals surface area contributed by atoms with Gasteiger partial charge in [-0.25, -0.2) is 0 Å². The van der Waals surface area contributed by atoms with Crippen LogP contribution in [-0.2, 0) is 6.42 Å². The Balaban J connectivity index is 1.65. The molecule has 2 N–H and O–H groups in total. The van der Waals surface area contributed by atoms with Gasteiger partial charge >= 0.3 is 0 Å². The minimum atomic E-state index is 0.414. The molecule has 2 fully saturated rings. The minimum absolute atomic E-state index is 0.414. The van der Waals surface area contributed by atoms with Gasteiger partial charge in [0.05, 0.1) is 0 Å². The first-order valence-electron chi connectivity index (χ1n) is 7.60. The van der Waals surface area contributed by atoms with Gasteiger partial charge in [0, 0.05) is 25.2 Å². The molecule has 0 amide bonds. The van der Waals surface area contributed by atoms with Gasteiger partial charge in [0.1, 0.15) is 5.75 Å². The summed E-state index contributed by atoms with van der Waals surface area (Å²) in [4.78, 5) is 2.67. The monoisotopic (exact) mass is 258 g/mol. The largest absolute Gasteiger partial charge is 0.508 e. The Morgan fingerprint density at radius 2 is 2.26 bits per heavy atom. The van der Waals surface area contributed by atoms with Crippen LogP contribution in [0.5, 0.6) is 5.75 Å². The molecule has 102 valence electrons. The van der Waals surface area contributed by atoms with E-state index in [0.29, 0.717) is 17.8 Å². The number of fused-ring (bicyclic) bond motifs is 4. The van der Waals surface area contributed by atoms with E-state index >= 15 is 0 Å². The van der Waals surface area contributed by atoms with Crippen molar-refractivity contribution in [2.75, 3.05) is 19.6 Å². The topological polar surface area (TPSA) is 35.5 Å². The molecule has 0 radical (unpaired) electrons. The summed E-state index contributed by atoms with van der Waals surface area (Å²) in [7, 11) is 0. The summed E-state index contributed by atoms with van der Waals surface area (Å²) in [6, 6.07) is 7.23. The van der Waals surface area contributed by atoms with Crippen molar-refractivity contribution in [2.24, 2.45) is 5.92 Å². The molecule has 0 aromatic heterocycles. The van der Waals surface area contributed by atoms with E-state index in [9.17, 15) is 5.11 Å². The smallest absolute Gasteiger partial charge is 0.115 e. The molecule has 0 bridgehead atoms. The number of phenols is 1. The van der Waals surface area contributed by atoms with E-state index in [1.165, 1.54) is 43.5 Å². The Bertz CT molecular complexity index is 488. The fraction of sp³-hybridized carbons (Fsp3) is 0.625. The molecular formula is C16H22N2O. The predicted molar refractivity (Wildman–Crippen MR) is 75.3 cm³/mol. The van der Waals surface area contributed by atoms with Crippen LogP contribution in [0.2, 0.25) is 0 Å². The zero-order chi connectivity index (χ0) is 12.8. The first kappa shape index (κ1) is 11.7. The Morgan fingerprint density at radius 1 is 1.32 bits per heavy atom. The van der Waals surface area contributed by atoms with E-state index in [2.05, 4.69) is 16.3 Å². The van der Waals surface area contributed by atoms with Crippen LogP contribution < -0.4 is 5.32 Å². The molecule has 0 saturated carbocycles. The molecule has 3 heteroatoms. The second-order valence-electron chi connectivity index (χ2n) is 6.34. The molecule has 4 rings (SSSR count). The molecule has 3 aliphatic heterocycles. The molecule has 2 saturated heterocycles. The average Bonchev–Trinajstić information content (AvgIpc) is 2.44. The number of benzene rings is 1. The van der Waals surface area contributed by atoms with Gasteiger partial charge in [-0.15, -0.1) is 0 Å². The van der Waals surface area contributed by atoms with Crippen molar-refractivity contribution in [1.82, 2.24) is 10.2 Å². The van der Waals surface area contributed by atoms with E-state index in [1.807, 2.05) is 12.1 Å². The van der Waals surface area contributed by atoms with Crippen LogP contribution in [0.25, 0.3) is 0 Å². The van der Waals surface area contributed by atoms with Crippen LogP contribution in [0.3, 0.4) is 0 Å². The molecule has 3 heterocycles. The molecule has 0 aliphatic carbocycles. The van der Waals surface area contributed by atoms with Crippen LogP contribution in [0.15, 0.2) is 18.2 Å². The van der Waals surface area contributed by atoms with Gasteiger partial charge in [0.2, 0.25) is 0 Å². The highest BCUT2D eigenvalue weighted by atomic mass is 16.3. The zero-order valence-electron chi connectivity index (χ0n) is 11.3. The number of piperidine rings is 2. The first-order chi connectivity index (χ1) is 9.31. The number of nitrogens with zero attached hydrogens (tertiary/aromatic N) is 1. The van der Waals surface area contributed by atoms with Crippen molar-refractivity contribution in [3.8, 4) is 5.75 Å². The molecule has 3 atom stereocenters. The van der Waals surface area contributed by atoms with Crippen molar-refractivity contribution in [1.29, 1.82) is 0 Å². The molecule has 1 aromatic rings. The zero-order valence-corrected chi connectivity index (χ0v) is 11.3. The van der Waals surface area contributed by atoms with Gasteiger partial charge in [0.25, 0.3) is 0 Å². The Morgan fingerprint density at radius 3 is 3.21 bits per heavy atom. The molecule has 3 unspecified atom stereocenters. The Labute approximate surface area is 114 Å². The van der Waals surface area contributed by atoms with Crippen LogP contribution in [0.4, 0.5) is 0 Å².